The molecule has 0 aliphatic rings. The first-order chi connectivity index (χ1) is 10.8. The van der Waals surface area contributed by atoms with Crippen LogP contribution in [0, 0.1) is 6.92 Å². The Hall–Kier alpha value is -1.84. The molecule has 3 heteroatoms. The van der Waals surface area contributed by atoms with Crippen LogP contribution in [0.5, 0.6) is 0 Å². The van der Waals surface area contributed by atoms with Gasteiger partial charge in [0.15, 0.2) is 5.69 Å². The van der Waals surface area contributed by atoms with Crippen molar-refractivity contribution < 1.29 is 4.40 Å². The number of pyridine rings is 1. The molecule has 0 bridgehead atoms. The van der Waals surface area contributed by atoms with Gasteiger partial charge in [-0.1, -0.05) is 59.5 Å². The molecule has 0 N–H and O–H groups in total. The van der Waals surface area contributed by atoms with Crippen LogP contribution < -0.4 is 4.40 Å². The summed E-state index contributed by atoms with van der Waals surface area (Å²) in [5, 5.41) is 6.10. The van der Waals surface area contributed by atoms with E-state index in [-0.39, 0.29) is 0 Å². The van der Waals surface area contributed by atoms with Crippen LogP contribution in [0.2, 0.25) is 0 Å². The number of hydrogen-bond donors (Lipinski definition) is 0. The number of thiazole rings is 1. The van der Waals surface area contributed by atoms with Crippen LogP contribution in [0.3, 0.4) is 0 Å². The van der Waals surface area contributed by atoms with Gasteiger partial charge < -0.3 is 0 Å². The third-order valence-corrected chi connectivity index (χ3v) is 5.71. The highest BCUT2D eigenvalue weighted by Gasteiger charge is 2.17. The molecule has 0 saturated carbocycles. The quantitative estimate of drug-likeness (QED) is 0.356. The van der Waals surface area contributed by atoms with E-state index < -0.39 is 0 Å². The van der Waals surface area contributed by atoms with E-state index in [1.807, 2.05) is 0 Å². The lowest BCUT2D eigenvalue weighted by Gasteiger charge is -2.04. The van der Waals surface area contributed by atoms with Crippen LogP contribution in [0.15, 0.2) is 65.0 Å². The number of rotatable bonds is 2. The van der Waals surface area contributed by atoms with Gasteiger partial charge in [0.05, 0.1) is 5.38 Å². The third kappa shape index (κ3) is 2.21. The summed E-state index contributed by atoms with van der Waals surface area (Å²) in [6.07, 6.45) is 2.14. The number of hydrogen-bond acceptors (Lipinski definition) is 2. The van der Waals surface area contributed by atoms with Crippen molar-refractivity contribution in [3.63, 3.8) is 0 Å². The molecule has 0 fully saturated rings. The molecule has 2 aromatic heterocycles. The van der Waals surface area contributed by atoms with Gasteiger partial charge in [-0.25, -0.2) is 0 Å². The van der Waals surface area contributed by atoms with Crippen LogP contribution in [-0.4, -0.2) is 6.26 Å². The lowest BCUT2D eigenvalue weighted by Crippen LogP contribution is -2.25. The molecular weight excluding hydrogens is 306 g/mol. The maximum Gasteiger partial charge on any atom is 0.268 e. The molecule has 0 aliphatic heterocycles. The molecule has 0 aliphatic carbocycles. The van der Waals surface area contributed by atoms with E-state index in [0.29, 0.717) is 0 Å². The first-order valence-corrected chi connectivity index (χ1v) is 9.34. The molecule has 0 unspecified atom stereocenters. The van der Waals surface area contributed by atoms with Crippen molar-refractivity contribution in [1.29, 1.82) is 0 Å². The van der Waals surface area contributed by atoms with Gasteiger partial charge in [-0.3, -0.25) is 0 Å². The van der Waals surface area contributed by atoms with Crippen molar-refractivity contribution in [3.8, 4) is 11.1 Å². The van der Waals surface area contributed by atoms with Crippen molar-refractivity contribution in [2.45, 2.75) is 11.9 Å². The summed E-state index contributed by atoms with van der Waals surface area (Å²) < 4.78 is 2.33. The molecule has 0 spiro atoms. The summed E-state index contributed by atoms with van der Waals surface area (Å²) >= 11 is 3.60. The van der Waals surface area contributed by atoms with Gasteiger partial charge in [-0.15, -0.1) is 4.40 Å². The molecule has 0 radical (unpaired) electrons. The number of fused-ring (bicyclic) bond motifs is 2. The Labute approximate surface area is 138 Å². The Morgan fingerprint density at radius 3 is 2.55 bits per heavy atom. The van der Waals surface area contributed by atoms with E-state index in [4.69, 9.17) is 0 Å². The Kier molecular flexibility index (Phi) is 3.40. The summed E-state index contributed by atoms with van der Waals surface area (Å²) in [5.74, 6) is 0. The first-order valence-electron chi connectivity index (χ1n) is 7.23. The highest BCUT2D eigenvalue weighted by Crippen LogP contribution is 2.28. The van der Waals surface area contributed by atoms with Gasteiger partial charge >= 0.3 is 0 Å². The van der Waals surface area contributed by atoms with Crippen molar-refractivity contribution in [2.75, 3.05) is 6.26 Å². The van der Waals surface area contributed by atoms with Gasteiger partial charge in [-0.2, -0.15) is 0 Å². The summed E-state index contributed by atoms with van der Waals surface area (Å²) in [6, 6.07) is 19.8. The maximum absolute atomic E-state index is 2.33. The minimum absolute atomic E-state index is 1.28. The molecule has 22 heavy (non-hydrogen) atoms. The fourth-order valence-electron chi connectivity index (χ4n) is 2.86. The predicted octanol–water partition coefficient (Wildman–Crippen LogP) is 5.34. The van der Waals surface area contributed by atoms with E-state index in [2.05, 4.69) is 77.6 Å². The summed E-state index contributed by atoms with van der Waals surface area (Å²) in [6.45, 7) is 2.17. The largest absolute Gasteiger partial charge is 0.268 e. The Balaban J connectivity index is 1.95. The van der Waals surface area contributed by atoms with Crippen molar-refractivity contribution in [3.05, 3.63) is 65.7 Å². The summed E-state index contributed by atoms with van der Waals surface area (Å²) in [5.41, 5.74) is 3.87. The van der Waals surface area contributed by atoms with Crippen LogP contribution in [0.4, 0.5) is 0 Å². The zero-order chi connectivity index (χ0) is 15.1. The fraction of sp³-hybridized carbons (Fsp3) is 0.105. The average molecular weight is 322 g/mol. The molecule has 0 atom stereocenters. The van der Waals surface area contributed by atoms with Crippen molar-refractivity contribution in [1.82, 2.24) is 0 Å². The van der Waals surface area contributed by atoms with E-state index in [1.165, 1.54) is 37.4 Å². The van der Waals surface area contributed by atoms with Gasteiger partial charge in [0.2, 0.25) is 5.03 Å². The first kappa shape index (κ1) is 13.8. The molecule has 2 aromatic carbocycles. The Morgan fingerprint density at radius 2 is 1.73 bits per heavy atom. The number of aromatic nitrogens is 1. The molecule has 108 valence electrons. The van der Waals surface area contributed by atoms with Crippen LogP contribution in [-0.2, 0) is 0 Å². The van der Waals surface area contributed by atoms with Gasteiger partial charge in [0, 0.05) is 19.1 Å². The Bertz CT molecular complexity index is 985. The number of aryl methyl sites for hydroxylation is 1. The maximum atomic E-state index is 2.33. The third-order valence-electron chi connectivity index (χ3n) is 3.99. The van der Waals surface area contributed by atoms with Crippen LogP contribution in [0.25, 0.3) is 26.7 Å². The molecule has 4 aromatic rings. The normalized spacial score (nSPS) is 11.4. The lowest BCUT2D eigenvalue weighted by atomic mass is 10.0. The molecule has 1 nitrogen and oxygen atoms in total. The summed E-state index contributed by atoms with van der Waals surface area (Å²) in [4.78, 5) is 1.30. The fourth-order valence-corrected chi connectivity index (χ4v) is 4.53. The second-order valence-electron chi connectivity index (χ2n) is 5.40. The minimum atomic E-state index is 1.28. The number of thioether (sulfide) groups is 1. The van der Waals surface area contributed by atoms with E-state index in [0.717, 1.165) is 0 Å². The molecule has 4 rings (SSSR count). The van der Waals surface area contributed by atoms with Crippen molar-refractivity contribution in [2.24, 2.45) is 0 Å². The number of benzene rings is 2. The van der Waals surface area contributed by atoms with E-state index >= 15 is 0 Å². The molecule has 0 amide bonds. The van der Waals surface area contributed by atoms with Crippen LogP contribution >= 0.6 is 23.1 Å². The highest BCUT2D eigenvalue weighted by atomic mass is 32.2. The standard InChI is InChI=1S/C19H16NS2/c1-13-12-22-19-11-17(10-18(21-2)20(13)19)16-8-7-14-5-3-4-6-15(14)9-16/h3-12H,1-2H3/q+1. The molecular formula is C19H16NS2+. The van der Waals surface area contributed by atoms with Crippen molar-refractivity contribution >= 4 is 38.7 Å². The number of nitrogens with zero attached hydrogens (tertiary/aromatic N) is 1. The second-order valence-corrected chi connectivity index (χ2v) is 7.12. The van der Waals surface area contributed by atoms with Gasteiger partial charge in [-0.05, 0) is 34.2 Å². The topological polar surface area (TPSA) is 4.10 Å². The average Bonchev–Trinajstić information content (AvgIpc) is 2.95. The Morgan fingerprint density at radius 1 is 0.909 bits per heavy atom. The van der Waals surface area contributed by atoms with E-state index in [9.17, 15) is 0 Å². The molecule has 0 saturated heterocycles. The summed E-state index contributed by atoms with van der Waals surface area (Å²) in [7, 11) is 0. The van der Waals surface area contributed by atoms with Gasteiger partial charge in [0.25, 0.3) is 4.83 Å². The lowest BCUT2D eigenvalue weighted by molar-refractivity contribution is -0.558. The van der Waals surface area contributed by atoms with Gasteiger partial charge in [0.1, 0.15) is 0 Å². The smallest absolute Gasteiger partial charge is 0.142 e. The predicted molar refractivity (Wildman–Crippen MR) is 96.9 cm³/mol. The second kappa shape index (κ2) is 5.41. The van der Waals surface area contributed by atoms with Crippen LogP contribution in [0.1, 0.15) is 5.69 Å². The minimum Gasteiger partial charge on any atom is -0.142 e. The molecule has 2 heterocycles. The van der Waals surface area contributed by atoms with E-state index in [1.54, 1.807) is 23.1 Å². The highest BCUT2D eigenvalue weighted by molar-refractivity contribution is 7.98. The monoisotopic (exact) mass is 322 g/mol. The zero-order valence-electron chi connectivity index (χ0n) is 12.5. The zero-order valence-corrected chi connectivity index (χ0v) is 14.2. The SMILES string of the molecule is CSc1cc(-c2ccc3ccccc3c2)cc2scc(C)[n+]12.